The van der Waals surface area contributed by atoms with Crippen LogP contribution in [0.25, 0.3) is 0 Å². The fourth-order valence-corrected chi connectivity index (χ4v) is 10.9. The van der Waals surface area contributed by atoms with Crippen molar-refractivity contribution in [2.75, 3.05) is 5.73 Å². The average Bonchev–Trinajstić information content (AvgIpc) is 3.73. The number of hydrogen-bond acceptors (Lipinski definition) is 6. The van der Waals surface area contributed by atoms with Crippen molar-refractivity contribution in [3.8, 4) is 0 Å². The van der Waals surface area contributed by atoms with Gasteiger partial charge in [0.15, 0.2) is 0 Å². The van der Waals surface area contributed by atoms with Gasteiger partial charge in [0.2, 0.25) is 0 Å². The minimum atomic E-state index is -0.595. The highest BCUT2D eigenvalue weighted by molar-refractivity contribution is 6.00. The van der Waals surface area contributed by atoms with Gasteiger partial charge in [0.25, 0.3) is 0 Å². The maximum absolute atomic E-state index is 14.1. The minimum absolute atomic E-state index is 0.0757. The van der Waals surface area contributed by atoms with E-state index in [4.69, 9.17) is 15.2 Å². The molecule has 0 radical (unpaired) electrons. The Morgan fingerprint density at radius 2 is 1.82 bits per heavy atom. The second-order valence-corrected chi connectivity index (χ2v) is 15.2. The molecule has 45 heavy (non-hydrogen) atoms. The van der Waals surface area contributed by atoms with Gasteiger partial charge in [0.05, 0.1) is 11.0 Å². The van der Waals surface area contributed by atoms with Crippen molar-refractivity contribution in [3.63, 3.8) is 0 Å². The van der Waals surface area contributed by atoms with Gasteiger partial charge in [-0.3, -0.25) is 0 Å². The van der Waals surface area contributed by atoms with Gasteiger partial charge in [0, 0.05) is 23.3 Å². The molecule has 6 heteroatoms. The molecule has 1 spiro atoms. The number of fused-ring (bicyclic) bond motifs is 1. The summed E-state index contributed by atoms with van der Waals surface area (Å²) in [6, 6.07) is 3.94. The SMILES string of the molecule is CCC1(/C=C2\OC(=O)C3=C2CC[C@H]2[C@@H]4CC[C@@]5(C(=C4Cc4ccnc(N)c4)C(=O)O/C5=C\CCC4CCCCC4)[C@@H]32)CCCC1. The fraction of sp³-hybridized carbons (Fsp3) is 0.615. The predicted molar refractivity (Wildman–Crippen MR) is 173 cm³/mol. The summed E-state index contributed by atoms with van der Waals surface area (Å²) >= 11 is 0. The van der Waals surface area contributed by atoms with E-state index in [1.165, 1.54) is 50.5 Å². The Hall–Kier alpha value is -3.15. The van der Waals surface area contributed by atoms with Crippen molar-refractivity contribution >= 4 is 17.8 Å². The number of hydrogen-bond donors (Lipinski definition) is 1. The molecular formula is C39H48N2O4. The summed E-state index contributed by atoms with van der Waals surface area (Å²) in [6.45, 7) is 2.27. The summed E-state index contributed by atoms with van der Waals surface area (Å²) in [7, 11) is 0. The first-order valence-electron chi connectivity index (χ1n) is 18.0. The summed E-state index contributed by atoms with van der Waals surface area (Å²) in [5.41, 5.74) is 10.7. The van der Waals surface area contributed by atoms with E-state index in [1.807, 2.05) is 12.1 Å². The third-order valence-electron chi connectivity index (χ3n) is 13.1. The lowest BCUT2D eigenvalue weighted by atomic mass is 9.44. The van der Waals surface area contributed by atoms with E-state index in [1.54, 1.807) is 6.20 Å². The van der Waals surface area contributed by atoms with Crippen molar-refractivity contribution in [3.05, 3.63) is 69.9 Å². The molecule has 4 fully saturated rings. The van der Waals surface area contributed by atoms with Gasteiger partial charge < -0.3 is 15.2 Å². The Bertz CT molecular complexity index is 1540. The summed E-state index contributed by atoms with van der Waals surface area (Å²) < 4.78 is 12.6. The van der Waals surface area contributed by atoms with Crippen molar-refractivity contribution in [2.24, 2.45) is 34.5 Å². The Morgan fingerprint density at radius 3 is 2.60 bits per heavy atom. The molecule has 1 saturated heterocycles. The van der Waals surface area contributed by atoms with Crippen LogP contribution >= 0.6 is 0 Å². The number of nitrogen functional groups attached to an aromatic ring is 1. The molecule has 9 rings (SSSR count). The molecule has 238 valence electrons. The van der Waals surface area contributed by atoms with E-state index in [0.717, 1.165) is 97.5 Å². The largest absolute Gasteiger partial charge is 0.427 e. The molecule has 1 aromatic heterocycles. The molecule has 2 aliphatic heterocycles. The third-order valence-corrected chi connectivity index (χ3v) is 13.1. The van der Waals surface area contributed by atoms with E-state index >= 15 is 0 Å². The Morgan fingerprint density at radius 1 is 1.00 bits per heavy atom. The zero-order chi connectivity index (χ0) is 30.8. The molecule has 0 aromatic carbocycles. The van der Waals surface area contributed by atoms with Crippen LogP contribution in [-0.2, 0) is 25.5 Å². The first-order chi connectivity index (χ1) is 21.9. The highest BCUT2D eigenvalue weighted by Gasteiger charge is 2.68. The number of aromatic nitrogens is 1. The molecule has 2 bridgehead atoms. The van der Waals surface area contributed by atoms with Crippen molar-refractivity contribution in [2.45, 2.75) is 116 Å². The molecule has 4 atom stereocenters. The molecule has 3 saturated carbocycles. The number of anilines is 1. The number of ether oxygens (including phenoxy) is 2. The van der Waals surface area contributed by atoms with Gasteiger partial charge in [0.1, 0.15) is 17.3 Å². The maximum Gasteiger partial charge on any atom is 0.340 e. The van der Waals surface area contributed by atoms with E-state index in [2.05, 4.69) is 24.1 Å². The van der Waals surface area contributed by atoms with Gasteiger partial charge in [-0.1, -0.05) is 57.4 Å². The second kappa shape index (κ2) is 11.3. The molecule has 0 amide bonds. The second-order valence-electron chi connectivity index (χ2n) is 15.2. The number of pyridine rings is 1. The lowest BCUT2D eigenvalue weighted by Gasteiger charge is -2.56. The molecule has 2 N–H and O–H groups in total. The Labute approximate surface area is 267 Å². The molecule has 3 heterocycles. The average molecular weight is 609 g/mol. The van der Waals surface area contributed by atoms with Crippen LogP contribution in [0.1, 0.15) is 115 Å². The summed E-state index contributed by atoms with van der Waals surface area (Å²) in [5, 5.41) is 0. The van der Waals surface area contributed by atoms with E-state index < -0.39 is 5.41 Å². The maximum atomic E-state index is 14.1. The lowest BCUT2D eigenvalue weighted by Crippen LogP contribution is -2.52. The standard InChI is InChI=1S/C39H48N2O4/c1-2-38(17-6-7-18-38)23-30-28-14-13-27-26-15-19-39(34(27)33(28)36(42)44-30)31(12-8-11-24-9-4-3-5-10-24)45-37(43)35(39)29(26)21-25-16-20-41-32(40)22-25/h12,16,20,22-24,26-27,34H,2-11,13-15,17-19,21H2,1H3,(H2,40,41)/b30-23-,31-12-/t26-,27-,34+,39-/m0/s1. The predicted octanol–water partition coefficient (Wildman–Crippen LogP) is 8.45. The van der Waals surface area contributed by atoms with Crippen LogP contribution in [0.2, 0.25) is 0 Å². The highest BCUT2D eigenvalue weighted by Crippen LogP contribution is 2.70. The number of carbonyl (C=O) groups is 2. The van der Waals surface area contributed by atoms with E-state index in [9.17, 15) is 9.59 Å². The quantitative estimate of drug-likeness (QED) is 0.312. The normalized spacial score (nSPS) is 33.9. The molecule has 1 aromatic rings. The zero-order valence-electron chi connectivity index (χ0n) is 26.9. The molecular weight excluding hydrogens is 560 g/mol. The van der Waals surface area contributed by atoms with Gasteiger partial charge in [-0.05, 0) is 117 Å². The fourth-order valence-electron chi connectivity index (χ4n) is 10.9. The number of nitrogens with two attached hydrogens (primary N) is 1. The molecule has 6 nitrogen and oxygen atoms in total. The number of cyclic esters (lactones) is 2. The Kier molecular flexibility index (Phi) is 7.33. The number of carbonyl (C=O) groups excluding carboxylic acids is 2. The molecule has 0 unspecified atom stereocenters. The van der Waals surface area contributed by atoms with Gasteiger partial charge in [-0.2, -0.15) is 0 Å². The minimum Gasteiger partial charge on any atom is -0.427 e. The van der Waals surface area contributed by atoms with Gasteiger partial charge in [-0.15, -0.1) is 0 Å². The van der Waals surface area contributed by atoms with Crippen LogP contribution in [0.15, 0.2) is 64.3 Å². The number of esters is 2. The summed E-state index contributed by atoms with van der Waals surface area (Å²) in [6.07, 6.45) is 25.3. The van der Waals surface area contributed by atoms with Crippen LogP contribution < -0.4 is 5.73 Å². The van der Waals surface area contributed by atoms with Gasteiger partial charge in [-0.25, -0.2) is 14.6 Å². The highest BCUT2D eigenvalue weighted by atomic mass is 16.5. The lowest BCUT2D eigenvalue weighted by molar-refractivity contribution is -0.135. The van der Waals surface area contributed by atoms with Crippen LogP contribution in [-0.4, -0.2) is 16.9 Å². The van der Waals surface area contributed by atoms with Crippen molar-refractivity contribution in [1.82, 2.24) is 4.98 Å². The number of allylic oxidation sites excluding steroid dienone is 5. The zero-order valence-corrected chi connectivity index (χ0v) is 26.9. The number of nitrogens with zero attached hydrogens (tertiary/aromatic N) is 1. The topological polar surface area (TPSA) is 91.5 Å². The number of rotatable bonds is 7. The Balaban J connectivity index is 1.24. The smallest absolute Gasteiger partial charge is 0.340 e. The monoisotopic (exact) mass is 608 g/mol. The van der Waals surface area contributed by atoms with Crippen LogP contribution in [0.3, 0.4) is 0 Å². The van der Waals surface area contributed by atoms with E-state index in [-0.39, 0.29) is 35.1 Å². The molecule has 6 aliphatic carbocycles. The van der Waals surface area contributed by atoms with E-state index in [0.29, 0.717) is 12.2 Å². The van der Waals surface area contributed by atoms with Crippen molar-refractivity contribution < 1.29 is 19.1 Å². The van der Waals surface area contributed by atoms with Crippen LogP contribution in [0.5, 0.6) is 0 Å². The third kappa shape index (κ3) is 4.67. The summed E-state index contributed by atoms with van der Waals surface area (Å²) in [5.74, 6) is 2.95. The molecule has 8 aliphatic rings. The summed E-state index contributed by atoms with van der Waals surface area (Å²) in [4.78, 5) is 32.3. The van der Waals surface area contributed by atoms with Gasteiger partial charge >= 0.3 is 11.9 Å². The first kappa shape index (κ1) is 29.3. The van der Waals surface area contributed by atoms with Crippen LogP contribution in [0, 0.1) is 34.5 Å². The first-order valence-corrected chi connectivity index (χ1v) is 18.0. The van der Waals surface area contributed by atoms with Crippen molar-refractivity contribution in [1.29, 1.82) is 0 Å². The van der Waals surface area contributed by atoms with Crippen LogP contribution in [0.4, 0.5) is 5.82 Å².